The summed E-state index contributed by atoms with van der Waals surface area (Å²) in [7, 11) is -3.39. The Kier molecular flexibility index (Phi) is 6.46. The minimum atomic E-state index is -3.39. The van der Waals surface area contributed by atoms with Crippen LogP contribution in [0.5, 0.6) is 0 Å². The summed E-state index contributed by atoms with van der Waals surface area (Å²) < 4.78 is 41.3. The molecule has 0 spiro atoms. The molecule has 0 radical (unpaired) electrons. The molecule has 0 saturated heterocycles. The Morgan fingerprint density at radius 3 is 2.54 bits per heavy atom. The van der Waals surface area contributed by atoms with Crippen LogP contribution in [0.15, 0.2) is 53.4 Å². The van der Waals surface area contributed by atoms with Gasteiger partial charge in [0.15, 0.2) is 16.4 Å². The largest absolute Gasteiger partial charge is 0.456 e. The average molecular weight is 379 g/mol. The average Bonchev–Trinajstić information content (AvgIpc) is 2.59. The van der Waals surface area contributed by atoms with E-state index in [2.05, 4.69) is 5.32 Å². The Morgan fingerprint density at radius 1 is 1.12 bits per heavy atom. The first-order chi connectivity index (χ1) is 12.3. The molecule has 0 saturated carbocycles. The highest BCUT2D eigenvalue weighted by molar-refractivity contribution is 7.90. The van der Waals surface area contributed by atoms with E-state index in [-0.39, 0.29) is 23.4 Å². The molecule has 26 heavy (non-hydrogen) atoms. The minimum absolute atomic E-state index is 0.0578. The number of halogens is 1. The van der Waals surface area contributed by atoms with Crippen LogP contribution >= 0.6 is 0 Å². The molecule has 0 heterocycles. The van der Waals surface area contributed by atoms with Gasteiger partial charge in [0, 0.05) is 18.4 Å². The van der Waals surface area contributed by atoms with Crippen LogP contribution in [0.1, 0.15) is 12.0 Å². The zero-order chi connectivity index (χ0) is 19.2. The molecule has 0 unspecified atom stereocenters. The number of esters is 1. The second-order valence-corrected chi connectivity index (χ2v) is 7.62. The van der Waals surface area contributed by atoms with E-state index in [0.717, 1.165) is 6.26 Å². The van der Waals surface area contributed by atoms with Crippen molar-refractivity contribution < 1.29 is 27.1 Å². The van der Waals surface area contributed by atoms with Crippen molar-refractivity contribution in [2.75, 3.05) is 18.2 Å². The van der Waals surface area contributed by atoms with E-state index in [1.807, 2.05) is 0 Å². The van der Waals surface area contributed by atoms with E-state index in [4.69, 9.17) is 4.74 Å². The molecule has 1 amide bonds. The first-order valence-electron chi connectivity index (χ1n) is 7.75. The Labute approximate surface area is 150 Å². The standard InChI is InChI=1S/C18H18FNO5S/c1-26(23,24)15-7-4-6-14(11-15)20-17(21)12-25-18(22)10-9-13-5-2-3-8-16(13)19/h2-8,11H,9-10,12H2,1H3,(H,20,21). The Balaban J connectivity index is 1.81. The quantitative estimate of drug-likeness (QED) is 0.746. The van der Waals surface area contributed by atoms with Crippen molar-refractivity contribution in [1.82, 2.24) is 0 Å². The molecule has 1 N–H and O–H groups in total. The summed E-state index contributed by atoms with van der Waals surface area (Å²) in [6, 6.07) is 11.8. The molecule has 6 nitrogen and oxygen atoms in total. The van der Waals surface area contributed by atoms with Crippen molar-refractivity contribution in [2.24, 2.45) is 0 Å². The van der Waals surface area contributed by atoms with Gasteiger partial charge in [-0.05, 0) is 36.2 Å². The SMILES string of the molecule is CS(=O)(=O)c1cccc(NC(=O)COC(=O)CCc2ccccc2F)c1. The Bertz CT molecular complexity index is 911. The lowest BCUT2D eigenvalue weighted by Gasteiger charge is -2.08. The van der Waals surface area contributed by atoms with Crippen molar-refractivity contribution in [1.29, 1.82) is 0 Å². The number of benzene rings is 2. The molecule has 0 fully saturated rings. The second kappa shape index (κ2) is 8.57. The number of aryl methyl sites for hydroxylation is 1. The number of carbonyl (C=O) groups is 2. The fraction of sp³-hybridized carbons (Fsp3) is 0.222. The summed E-state index contributed by atoms with van der Waals surface area (Å²) in [4.78, 5) is 23.5. The molecule has 0 atom stereocenters. The molecule has 2 rings (SSSR count). The molecule has 0 aliphatic rings. The normalized spacial score (nSPS) is 11.0. The minimum Gasteiger partial charge on any atom is -0.456 e. The molecular formula is C18H18FNO5S. The van der Waals surface area contributed by atoms with E-state index in [1.54, 1.807) is 18.2 Å². The van der Waals surface area contributed by atoms with Gasteiger partial charge < -0.3 is 10.1 Å². The number of sulfone groups is 1. The molecule has 2 aromatic rings. The number of amides is 1. The summed E-state index contributed by atoms with van der Waals surface area (Å²) in [6.07, 6.45) is 1.17. The third-order valence-electron chi connectivity index (χ3n) is 3.47. The topological polar surface area (TPSA) is 89.5 Å². The molecule has 0 aromatic heterocycles. The van der Waals surface area contributed by atoms with Gasteiger partial charge in [-0.3, -0.25) is 9.59 Å². The van der Waals surface area contributed by atoms with Crippen LogP contribution in [0.25, 0.3) is 0 Å². The van der Waals surface area contributed by atoms with Gasteiger partial charge in [-0.2, -0.15) is 0 Å². The number of anilines is 1. The monoisotopic (exact) mass is 379 g/mol. The van der Waals surface area contributed by atoms with Crippen LogP contribution < -0.4 is 5.32 Å². The van der Waals surface area contributed by atoms with Gasteiger partial charge in [0.2, 0.25) is 0 Å². The maximum absolute atomic E-state index is 13.5. The van der Waals surface area contributed by atoms with E-state index < -0.39 is 34.1 Å². The van der Waals surface area contributed by atoms with Gasteiger partial charge in [-0.1, -0.05) is 24.3 Å². The Morgan fingerprint density at radius 2 is 1.85 bits per heavy atom. The van der Waals surface area contributed by atoms with Crippen molar-refractivity contribution in [3.8, 4) is 0 Å². The molecule has 0 bridgehead atoms. The van der Waals surface area contributed by atoms with Crippen LogP contribution in [0.3, 0.4) is 0 Å². The lowest BCUT2D eigenvalue weighted by Crippen LogP contribution is -2.21. The van der Waals surface area contributed by atoms with Crippen LogP contribution in [0, 0.1) is 5.82 Å². The first kappa shape index (κ1) is 19.6. The smallest absolute Gasteiger partial charge is 0.306 e. The third-order valence-corrected chi connectivity index (χ3v) is 4.58. The first-order valence-corrected chi connectivity index (χ1v) is 9.64. The highest BCUT2D eigenvalue weighted by atomic mass is 32.2. The van der Waals surface area contributed by atoms with Gasteiger partial charge in [0.1, 0.15) is 5.82 Å². The van der Waals surface area contributed by atoms with Gasteiger partial charge in [-0.15, -0.1) is 0 Å². The molecular weight excluding hydrogens is 361 g/mol. The van der Waals surface area contributed by atoms with E-state index in [9.17, 15) is 22.4 Å². The highest BCUT2D eigenvalue weighted by Crippen LogP contribution is 2.15. The number of carbonyl (C=O) groups excluding carboxylic acids is 2. The van der Waals surface area contributed by atoms with Crippen molar-refractivity contribution in [2.45, 2.75) is 17.7 Å². The molecule has 8 heteroatoms. The van der Waals surface area contributed by atoms with Gasteiger partial charge >= 0.3 is 5.97 Å². The van der Waals surface area contributed by atoms with Gasteiger partial charge in [0.25, 0.3) is 5.91 Å². The van der Waals surface area contributed by atoms with E-state index in [0.29, 0.717) is 5.56 Å². The predicted octanol–water partition coefficient (Wildman–Crippen LogP) is 2.34. The highest BCUT2D eigenvalue weighted by Gasteiger charge is 2.11. The van der Waals surface area contributed by atoms with Crippen LogP contribution in [-0.2, 0) is 30.6 Å². The number of nitrogens with one attached hydrogen (secondary N) is 1. The molecule has 0 aliphatic heterocycles. The zero-order valence-corrected chi connectivity index (χ0v) is 14.9. The summed E-state index contributed by atoms with van der Waals surface area (Å²) in [5.74, 6) is -1.63. The maximum atomic E-state index is 13.5. The van der Waals surface area contributed by atoms with Crippen LogP contribution in [-0.4, -0.2) is 33.2 Å². The number of rotatable bonds is 7. The third kappa shape index (κ3) is 5.96. The van der Waals surface area contributed by atoms with E-state index >= 15 is 0 Å². The molecule has 138 valence electrons. The lowest BCUT2D eigenvalue weighted by atomic mass is 10.1. The summed E-state index contributed by atoms with van der Waals surface area (Å²) >= 11 is 0. The zero-order valence-electron chi connectivity index (χ0n) is 14.1. The maximum Gasteiger partial charge on any atom is 0.306 e. The van der Waals surface area contributed by atoms with Crippen molar-refractivity contribution in [3.05, 3.63) is 59.9 Å². The molecule has 0 aliphatic carbocycles. The summed E-state index contributed by atoms with van der Waals surface area (Å²) in [5.41, 5.74) is 0.673. The lowest BCUT2D eigenvalue weighted by molar-refractivity contribution is -0.147. The van der Waals surface area contributed by atoms with Crippen LogP contribution in [0.2, 0.25) is 0 Å². The number of ether oxygens (including phenoxy) is 1. The van der Waals surface area contributed by atoms with Crippen molar-refractivity contribution >= 4 is 27.4 Å². The second-order valence-electron chi connectivity index (χ2n) is 5.60. The number of hydrogen-bond acceptors (Lipinski definition) is 5. The van der Waals surface area contributed by atoms with Gasteiger partial charge in [0.05, 0.1) is 4.90 Å². The fourth-order valence-electron chi connectivity index (χ4n) is 2.16. The van der Waals surface area contributed by atoms with Crippen molar-refractivity contribution in [3.63, 3.8) is 0 Å². The summed E-state index contributed by atoms with van der Waals surface area (Å²) in [5, 5.41) is 2.45. The molecule has 2 aromatic carbocycles. The van der Waals surface area contributed by atoms with E-state index in [1.165, 1.54) is 30.3 Å². The fourth-order valence-corrected chi connectivity index (χ4v) is 2.82. The van der Waals surface area contributed by atoms with Gasteiger partial charge in [-0.25, -0.2) is 12.8 Å². The predicted molar refractivity (Wildman–Crippen MR) is 93.9 cm³/mol. The summed E-state index contributed by atoms with van der Waals surface area (Å²) in [6.45, 7) is -0.515. The Hall–Kier alpha value is -2.74. The number of hydrogen-bond donors (Lipinski definition) is 1. The van der Waals surface area contributed by atoms with Crippen LogP contribution in [0.4, 0.5) is 10.1 Å².